The molecule has 1 heterocycles. The van der Waals surface area contributed by atoms with E-state index in [1.54, 1.807) is 0 Å². The molecular weight excluding hydrogens is 224 g/mol. The molecule has 1 unspecified atom stereocenters. The van der Waals surface area contributed by atoms with Gasteiger partial charge in [0.2, 0.25) is 5.91 Å². The molecular formula is C15H22N2O. The average Bonchev–Trinajstić information content (AvgIpc) is 2.36. The van der Waals surface area contributed by atoms with E-state index in [4.69, 9.17) is 5.73 Å². The van der Waals surface area contributed by atoms with Crippen molar-refractivity contribution < 1.29 is 4.79 Å². The molecule has 1 aliphatic rings. The number of hydrogen-bond donors (Lipinski definition) is 1. The van der Waals surface area contributed by atoms with Crippen LogP contribution in [-0.4, -0.2) is 23.4 Å². The van der Waals surface area contributed by atoms with Gasteiger partial charge < -0.3 is 10.6 Å². The van der Waals surface area contributed by atoms with Crippen LogP contribution in [0.3, 0.4) is 0 Å². The van der Waals surface area contributed by atoms with Crippen molar-refractivity contribution in [3.8, 4) is 0 Å². The fourth-order valence-corrected chi connectivity index (χ4v) is 2.53. The molecule has 0 fully saturated rings. The predicted molar refractivity (Wildman–Crippen MR) is 73.0 cm³/mol. The van der Waals surface area contributed by atoms with E-state index in [0.717, 1.165) is 19.4 Å². The van der Waals surface area contributed by atoms with E-state index >= 15 is 0 Å². The van der Waals surface area contributed by atoms with E-state index in [2.05, 4.69) is 32.0 Å². The smallest absolute Gasteiger partial charge is 0.239 e. The molecule has 2 rings (SSSR count). The normalized spacial score (nSPS) is 16.6. The summed E-state index contributed by atoms with van der Waals surface area (Å²) in [6.45, 7) is 5.69. The summed E-state index contributed by atoms with van der Waals surface area (Å²) in [6, 6.07) is 7.98. The van der Waals surface area contributed by atoms with Gasteiger partial charge in [-0.2, -0.15) is 0 Å². The van der Waals surface area contributed by atoms with Crippen molar-refractivity contribution in [2.45, 2.75) is 39.3 Å². The summed E-state index contributed by atoms with van der Waals surface area (Å²) in [5.74, 6) is 0.555. The molecule has 0 spiro atoms. The maximum absolute atomic E-state index is 12.2. The maximum atomic E-state index is 12.2. The Morgan fingerprint density at radius 3 is 2.67 bits per heavy atom. The summed E-state index contributed by atoms with van der Waals surface area (Å²) in [5, 5.41) is 0. The van der Waals surface area contributed by atoms with Gasteiger partial charge in [-0.3, -0.25) is 4.79 Å². The lowest BCUT2D eigenvalue weighted by Gasteiger charge is -2.31. The zero-order chi connectivity index (χ0) is 13.1. The highest BCUT2D eigenvalue weighted by Crippen LogP contribution is 2.19. The van der Waals surface area contributed by atoms with Crippen LogP contribution in [0.1, 0.15) is 31.4 Å². The summed E-state index contributed by atoms with van der Waals surface area (Å²) in [5.41, 5.74) is 8.60. The van der Waals surface area contributed by atoms with Crippen LogP contribution in [0.5, 0.6) is 0 Å². The topological polar surface area (TPSA) is 46.3 Å². The van der Waals surface area contributed by atoms with Gasteiger partial charge in [0.25, 0.3) is 0 Å². The Morgan fingerprint density at radius 2 is 2.00 bits per heavy atom. The van der Waals surface area contributed by atoms with Crippen molar-refractivity contribution in [1.82, 2.24) is 4.90 Å². The number of carbonyl (C=O) groups is 1. The predicted octanol–water partition coefficient (Wildman–Crippen LogP) is 1.94. The van der Waals surface area contributed by atoms with Crippen LogP contribution in [0.15, 0.2) is 24.3 Å². The number of nitrogens with two attached hydrogens (primary N) is 1. The zero-order valence-corrected chi connectivity index (χ0v) is 11.2. The first-order valence-corrected chi connectivity index (χ1v) is 6.69. The molecule has 0 radical (unpaired) electrons. The summed E-state index contributed by atoms with van der Waals surface area (Å²) in [4.78, 5) is 14.1. The van der Waals surface area contributed by atoms with Crippen LogP contribution in [0.2, 0.25) is 0 Å². The quantitative estimate of drug-likeness (QED) is 0.886. The van der Waals surface area contributed by atoms with Crippen LogP contribution in [-0.2, 0) is 17.8 Å². The Kier molecular flexibility index (Phi) is 4.02. The number of rotatable bonds is 3. The Labute approximate surface area is 109 Å². The van der Waals surface area contributed by atoms with Crippen LogP contribution in [0.4, 0.5) is 0 Å². The van der Waals surface area contributed by atoms with Gasteiger partial charge in [0.1, 0.15) is 0 Å². The SMILES string of the molecule is CC(C)CC(N)C(=O)N1CCc2ccccc2C1. The van der Waals surface area contributed by atoms with Gasteiger partial charge in [-0.05, 0) is 29.9 Å². The van der Waals surface area contributed by atoms with Crippen molar-refractivity contribution in [3.05, 3.63) is 35.4 Å². The van der Waals surface area contributed by atoms with Crippen molar-refractivity contribution in [2.24, 2.45) is 11.7 Å². The molecule has 98 valence electrons. The van der Waals surface area contributed by atoms with Crippen LogP contribution >= 0.6 is 0 Å². The standard InChI is InChI=1S/C15H22N2O/c1-11(2)9-14(16)15(18)17-8-7-12-5-3-4-6-13(12)10-17/h3-6,11,14H,7-10,16H2,1-2H3. The number of amides is 1. The fraction of sp³-hybridized carbons (Fsp3) is 0.533. The highest BCUT2D eigenvalue weighted by molar-refractivity contribution is 5.81. The number of benzene rings is 1. The van der Waals surface area contributed by atoms with E-state index in [1.807, 2.05) is 11.0 Å². The molecule has 0 aliphatic carbocycles. The molecule has 0 saturated heterocycles. The van der Waals surface area contributed by atoms with Crippen LogP contribution in [0, 0.1) is 5.92 Å². The molecule has 3 heteroatoms. The molecule has 3 nitrogen and oxygen atoms in total. The average molecular weight is 246 g/mol. The largest absolute Gasteiger partial charge is 0.337 e. The highest BCUT2D eigenvalue weighted by Gasteiger charge is 2.25. The molecule has 1 aliphatic heterocycles. The zero-order valence-electron chi connectivity index (χ0n) is 11.2. The third kappa shape index (κ3) is 2.91. The Bertz CT molecular complexity index is 428. The first-order valence-electron chi connectivity index (χ1n) is 6.69. The van der Waals surface area contributed by atoms with Crippen LogP contribution < -0.4 is 5.73 Å². The molecule has 1 amide bonds. The van der Waals surface area contributed by atoms with Gasteiger partial charge in [0, 0.05) is 13.1 Å². The monoisotopic (exact) mass is 246 g/mol. The number of hydrogen-bond acceptors (Lipinski definition) is 2. The van der Waals surface area contributed by atoms with E-state index in [9.17, 15) is 4.79 Å². The van der Waals surface area contributed by atoms with Crippen molar-refractivity contribution >= 4 is 5.91 Å². The van der Waals surface area contributed by atoms with Gasteiger partial charge in [0.15, 0.2) is 0 Å². The van der Waals surface area contributed by atoms with E-state index in [-0.39, 0.29) is 11.9 Å². The van der Waals surface area contributed by atoms with Crippen LogP contribution in [0.25, 0.3) is 0 Å². The van der Waals surface area contributed by atoms with Gasteiger partial charge in [-0.1, -0.05) is 38.1 Å². The molecule has 0 aromatic heterocycles. The van der Waals surface area contributed by atoms with E-state index in [1.165, 1.54) is 11.1 Å². The molecule has 0 saturated carbocycles. The number of nitrogens with zero attached hydrogens (tertiary/aromatic N) is 1. The molecule has 2 N–H and O–H groups in total. The minimum atomic E-state index is -0.352. The lowest BCUT2D eigenvalue weighted by Crippen LogP contribution is -2.46. The van der Waals surface area contributed by atoms with Gasteiger partial charge in [-0.15, -0.1) is 0 Å². The lowest BCUT2D eigenvalue weighted by molar-refractivity contribution is -0.133. The number of carbonyl (C=O) groups excluding carboxylic acids is 1. The summed E-state index contributed by atoms with van der Waals surface area (Å²) in [7, 11) is 0. The Balaban J connectivity index is 2.02. The van der Waals surface area contributed by atoms with Gasteiger partial charge in [0.05, 0.1) is 6.04 Å². The first-order chi connectivity index (χ1) is 8.58. The van der Waals surface area contributed by atoms with Crippen molar-refractivity contribution in [2.75, 3.05) is 6.54 Å². The minimum absolute atomic E-state index is 0.0956. The third-order valence-corrected chi connectivity index (χ3v) is 3.48. The van der Waals surface area contributed by atoms with E-state index in [0.29, 0.717) is 12.5 Å². The Morgan fingerprint density at radius 1 is 1.33 bits per heavy atom. The maximum Gasteiger partial charge on any atom is 0.239 e. The second kappa shape index (κ2) is 5.53. The Hall–Kier alpha value is -1.35. The third-order valence-electron chi connectivity index (χ3n) is 3.48. The number of fused-ring (bicyclic) bond motifs is 1. The summed E-state index contributed by atoms with van der Waals surface area (Å²) >= 11 is 0. The fourth-order valence-electron chi connectivity index (χ4n) is 2.53. The summed E-state index contributed by atoms with van der Waals surface area (Å²) < 4.78 is 0. The molecule has 1 atom stereocenters. The van der Waals surface area contributed by atoms with Crippen molar-refractivity contribution in [1.29, 1.82) is 0 Å². The second-order valence-corrected chi connectivity index (χ2v) is 5.51. The minimum Gasteiger partial charge on any atom is -0.337 e. The highest BCUT2D eigenvalue weighted by atomic mass is 16.2. The summed E-state index contributed by atoms with van der Waals surface area (Å²) in [6.07, 6.45) is 1.70. The molecule has 0 bridgehead atoms. The van der Waals surface area contributed by atoms with Gasteiger partial charge in [-0.25, -0.2) is 0 Å². The lowest BCUT2D eigenvalue weighted by atomic mass is 9.98. The van der Waals surface area contributed by atoms with Gasteiger partial charge >= 0.3 is 0 Å². The van der Waals surface area contributed by atoms with Crippen molar-refractivity contribution in [3.63, 3.8) is 0 Å². The molecule has 18 heavy (non-hydrogen) atoms. The molecule has 1 aromatic rings. The van der Waals surface area contributed by atoms with E-state index < -0.39 is 0 Å². The molecule has 1 aromatic carbocycles. The second-order valence-electron chi connectivity index (χ2n) is 5.51. The first kappa shape index (κ1) is 13.1.